The number of benzene rings is 2. The van der Waals surface area contributed by atoms with Crippen molar-refractivity contribution in [3.05, 3.63) is 61.6 Å². The molecule has 0 aromatic heterocycles. The SMILES string of the molecule is CNC(c1cccc(OC)c1)c1cc(Br)ccc1I. The van der Waals surface area contributed by atoms with Gasteiger partial charge in [-0.05, 0) is 71.1 Å². The van der Waals surface area contributed by atoms with E-state index < -0.39 is 0 Å². The normalized spacial score (nSPS) is 12.2. The lowest BCUT2D eigenvalue weighted by Crippen LogP contribution is -2.18. The Morgan fingerprint density at radius 3 is 2.68 bits per heavy atom. The maximum atomic E-state index is 5.30. The van der Waals surface area contributed by atoms with Crippen LogP contribution in [0.2, 0.25) is 0 Å². The fourth-order valence-corrected chi connectivity index (χ4v) is 3.08. The van der Waals surface area contributed by atoms with E-state index in [0.717, 1.165) is 10.2 Å². The Hall–Kier alpha value is -0.590. The van der Waals surface area contributed by atoms with E-state index >= 15 is 0 Å². The molecule has 0 fully saturated rings. The third-order valence-electron chi connectivity index (χ3n) is 2.98. The molecule has 0 saturated heterocycles. The topological polar surface area (TPSA) is 21.3 Å². The molecule has 0 spiro atoms. The summed E-state index contributed by atoms with van der Waals surface area (Å²) < 4.78 is 7.63. The van der Waals surface area contributed by atoms with Crippen LogP contribution < -0.4 is 10.1 Å². The third-order valence-corrected chi connectivity index (χ3v) is 4.46. The van der Waals surface area contributed by atoms with Crippen molar-refractivity contribution in [3.8, 4) is 5.75 Å². The molecule has 1 N–H and O–H groups in total. The predicted octanol–water partition coefficient (Wildman–Crippen LogP) is 4.37. The summed E-state index contributed by atoms with van der Waals surface area (Å²) in [6.45, 7) is 0. The monoisotopic (exact) mass is 431 g/mol. The highest BCUT2D eigenvalue weighted by Gasteiger charge is 2.15. The number of hydrogen-bond donors (Lipinski definition) is 1. The van der Waals surface area contributed by atoms with Crippen molar-refractivity contribution in [1.29, 1.82) is 0 Å². The van der Waals surface area contributed by atoms with Gasteiger partial charge in [0.25, 0.3) is 0 Å². The van der Waals surface area contributed by atoms with Crippen LogP contribution in [0.15, 0.2) is 46.9 Å². The molecule has 0 aliphatic carbocycles. The number of nitrogens with one attached hydrogen (secondary N) is 1. The third kappa shape index (κ3) is 3.49. The van der Waals surface area contributed by atoms with Gasteiger partial charge in [0, 0.05) is 8.04 Å². The first-order valence-corrected chi connectivity index (χ1v) is 7.79. The number of methoxy groups -OCH3 is 1. The molecule has 0 heterocycles. The lowest BCUT2D eigenvalue weighted by Gasteiger charge is -2.19. The highest BCUT2D eigenvalue weighted by molar-refractivity contribution is 14.1. The Labute approximate surface area is 135 Å². The Bertz CT molecular complexity index is 574. The van der Waals surface area contributed by atoms with Crippen LogP contribution in [0.25, 0.3) is 0 Å². The molecule has 2 rings (SSSR count). The van der Waals surface area contributed by atoms with Crippen LogP contribution in [0.4, 0.5) is 0 Å². The second-order valence-corrected chi connectivity index (χ2v) is 6.24. The Morgan fingerprint density at radius 1 is 1.21 bits per heavy atom. The van der Waals surface area contributed by atoms with Crippen LogP contribution in [-0.2, 0) is 0 Å². The quantitative estimate of drug-likeness (QED) is 0.725. The van der Waals surface area contributed by atoms with E-state index in [4.69, 9.17) is 4.74 Å². The largest absolute Gasteiger partial charge is 0.497 e. The van der Waals surface area contributed by atoms with Gasteiger partial charge in [-0.3, -0.25) is 0 Å². The molecule has 2 aromatic rings. The van der Waals surface area contributed by atoms with Crippen molar-refractivity contribution in [2.75, 3.05) is 14.2 Å². The molecule has 100 valence electrons. The first-order chi connectivity index (χ1) is 9.15. The van der Waals surface area contributed by atoms with Crippen molar-refractivity contribution in [3.63, 3.8) is 0 Å². The van der Waals surface area contributed by atoms with Crippen molar-refractivity contribution in [2.24, 2.45) is 0 Å². The smallest absolute Gasteiger partial charge is 0.119 e. The second kappa shape index (κ2) is 6.72. The summed E-state index contributed by atoms with van der Waals surface area (Å²) in [7, 11) is 3.66. The van der Waals surface area contributed by atoms with Crippen molar-refractivity contribution < 1.29 is 4.74 Å². The van der Waals surface area contributed by atoms with Crippen LogP contribution in [0.3, 0.4) is 0 Å². The molecule has 0 saturated carbocycles. The van der Waals surface area contributed by atoms with Gasteiger partial charge in [0.1, 0.15) is 5.75 Å². The summed E-state index contributed by atoms with van der Waals surface area (Å²) in [6, 6.07) is 14.6. The van der Waals surface area contributed by atoms with E-state index in [2.05, 4.69) is 74.2 Å². The molecule has 19 heavy (non-hydrogen) atoms. The molecule has 2 nitrogen and oxygen atoms in total. The Morgan fingerprint density at radius 2 is 2.00 bits per heavy atom. The zero-order chi connectivity index (χ0) is 13.8. The summed E-state index contributed by atoms with van der Waals surface area (Å²) in [6.07, 6.45) is 0. The fraction of sp³-hybridized carbons (Fsp3) is 0.200. The maximum absolute atomic E-state index is 5.30. The first-order valence-electron chi connectivity index (χ1n) is 5.92. The zero-order valence-corrected chi connectivity index (χ0v) is 14.5. The van der Waals surface area contributed by atoms with Gasteiger partial charge in [-0.1, -0.05) is 28.1 Å². The molecule has 1 atom stereocenters. The molecular weight excluding hydrogens is 417 g/mol. The first kappa shape index (κ1) is 14.8. The van der Waals surface area contributed by atoms with E-state index in [-0.39, 0.29) is 6.04 Å². The molecule has 0 bridgehead atoms. The van der Waals surface area contributed by atoms with Crippen LogP contribution >= 0.6 is 38.5 Å². The molecule has 0 amide bonds. The highest BCUT2D eigenvalue weighted by atomic mass is 127. The number of ether oxygens (including phenoxy) is 1. The molecular formula is C15H15BrINO. The van der Waals surface area contributed by atoms with Gasteiger partial charge < -0.3 is 10.1 Å². The molecule has 4 heteroatoms. The molecule has 0 aliphatic rings. The lowest BCUT2D eigenvalue weighted by atomic mass is 9.99. The van der Waals surface area contributed by atoms with Gasteiger partial charge in [0.15, 0.2) is 0 Å². The predicted molar refractivity (Wildman–Crippen MR) is 90.8 cm³/mol. The van der Waals surface area contributed by atoms with Gasteiger partial charge in [-0.25, -0.2) is 0 Å². The minimum Gasteiger partial charge on any atom is -0.497 e. The van der Waals surface area contributed by atoms with Gasteiger partial charge in [-0.2, -0.15) is 0 Å². The summed E-state index contributed by atoms with van der Waals surface area (Å²) in [5.74, 6) is 0.878. The van der Waals surface area contributed by atoms with Crippen molar-refractivity contribution in [1.82, 2.24) is 5.32 Å². The average Bonchev–Trinajstić information content (AvgIpc) is 2.44. The van der Waals surface area contributed by atoms with Crippen LogP contribution in [-0.4, -0.2) is 14.2 Å². The van der Waals surface area contributed by atoms with Crippen LogP contribution in [0.5, 0.6) is 5.75 Å². The fourth-order valence-electron chi connectivity index (χ4n) is 2.06. The molecule has 2 aromatic carbocycles. The second-order valence-electron chi connectivity index (χ2n) is 4.16. The minimum absolute atomic E-state index is 0.152. The standard InChI is InChI=1S/C15H15BrINO/c1-18-15(10-4-3-5-12(8-10)19-2)13-9-11(16)6-7-14(13)17/h3-9,15,18H,1-2H3. The van der Waals surface area contributed by atoms with Gasteiger partial charge in [-0.15, -0.1) is 0 Å². The highest BCUT2D eigenvalue weighted by Crippen LogP contribution is 2.30. The van der Waals surface area contributed by atoms with E-state index in [1.165, 1.54) is 14.7 Å². The van der Waals surface area contributed by atoms with E-state index in [1.54, 1.807) is 7.11 Å². The minimum atomic E-state index is 0.152. The molecule has 1 unspecified atom stereocenters. The summed E-state index contributed by atoms with van der Waals surface area (Å²) >= 11 is 5.91. The van der Waals surface area contributed by atoms with Gasteiger partial charge in [0.2, 0.25) is 0 Å². The van der Waals surface area contributed by atoms with Gasteiger partial charge >= 0.3 is 0 Å². The average molecular weight is 432 g/mol. The summed E-state index contributed by atoms with van der Waals surface area (Å²) in [4.78, 5) is 0. The molecule has 0 aliphatic heterocycles. The lowest BCUT2D eigenvalue weighted by molar-refractivity contribution is 0.414. The Kier molecular flexibility index (Phi) is 5.24. The van der Waals surface area contributed by atoms with E-state index in [1.807, 2.05) is 19.2 Å². The van der Waals surface area contributed by atoms with E-state index in [0.29, 0.717) is 0 Å². The number of hydrogen-bond acceptors (Lipinski definition) is 2. The molecule has 0 radical (unpaired) electrons. The van der Waals surface area contributed by atoms with Crippen LogP contribution in [0.1, 0.15) is 17.2 Å². The number of halogens is 2. The summed E-state index contributed by atoms with van der Waals surface area (Å²) in [5.41, 5.74) is 2.45. The maximum Gasteiger partial charge on any atom is 0.119 e. The Balaban J connectivity index is 2.46. The van der Waals surface area contributed by atoms with Crippen molar-refractivity contribution >= 4 is 38.5 Å². The zero-order valence-electron chi connectivity index (χ0n) is 10.8. The summed E-state index contributed by atoms with van der Waals surface area (Å²) in [5, 5.41) is 3.37. The number of rotatable bonds is 4. The van der Waals surface area contributed by atoms with Gasteiger partial charge in [0.05, 0.1) is 13.2 Å². The van der Waals surface area contributed by atoms with Crippen molar-refractivity contribution in [2.45, 2.75) is 6.04 Å². The van der Waals surface area contributed by atoms with E-state index in [9.17, 15) is 0 Å². The van der Waals surface area contributed by atoms with Crippen LogP contribution in [0, 0.1) is 3.57 Å².